The normalized spacial score (nSPS) is 11.3. The van der Waals surface area contributed by atoms with Crippen LogP contribution >= 0.6 is 0 Å². The smallest absolute Gasteiger partial charge is 0.419 e. The Morgan fingerprint density at radius 2 is 1.74 bits per heavy atom. The van der Waals surface area contributed by atoms with Gasteiger partial charge in [0.2, 0.25) is 11.8 Å². The second-order valence-electron chi connectivity index (χ2n) is 5.75. The van der Waals surface area contributed by atoms with E-state index in [9.17, 15) is 13.2 Å². The first-order chi connectivity index (χ1) is 13.0. The minimum Gasteiger partial charge on any atom is -0.481 e. The third kappa shape index (κ3) is 4.93. The summed E-state index contributed by atoms with van der Waals surface area (Å²) in [4.78, 5) is 11.9. The van der Waals surface area contributed by atoms with E-state index in [2.05, 4.69) is 20.3 Å². The lowest BCUT2D eigenvalue weighted by molar-refractivity contribution is -0.138. The average Bonchev–Trinajstić information content (AvgIpc) is 2.67. The molecule has 3 aromatic rings. The molecule has 0 bridgehead atoms. The van der Waals surface area contributed by atoms with E-state index in [4.69, 9.17) is 4.74 Å². The van der Waals surface area contributed by atoms with Gasteiger partial charge < -0.3 is 10.1 Å². The molecule has 0 aliphatic heterocycles. The maximum Gasteiger partial charge on any atom is 0.419 e. The molecule has 0 saturated carbocycles. The van der Waals surface area contributed by atoms with Crippen molar-refractivity contribution < 1.29 is 17.9 Å². The molecule has 0 fully saturated rings. The summed E-state index contributed by atoms with van der Waals surface area (Å²) < 4.78 is 44.8. The van der Waals surface area contributed by atoms with Crippen molar-refractivity contribution in [1.29, 1.82) is 0 Å². The Labute approximate surface area is 154 Å². The number of aryl methyl sites for hydroxylation is 2. The van der Waals surface area contributed by atoms with Gasteiger partial charge in [0.05, 0.1) is 30.3 Å². The fourth-order valence-corrected chi connectivity index (χ4v) is 2.52. The average molecular weight is 374 g/mol. The predicted octanol–water partition coefficient (Wildman–Crippen LogP) is 4.43. The third-order valence-corrected chi connectivity index (χ3v) is 3.87. The Morgan fingerprint density at radius 1 is 0.963 bits per heavy atom. The molecule has 5 nitrogen and oxygen atoms in total. The van der Waals surface area contributed by atoms with Gasteiger partial charge in [-0.25, -0.2) is 15.0 Å². The van der Waals surface area contributed by atoms with Gasteiger partial charge in [0.1, 0.15) is 0 Å². The standard InChI is InChI=1S/C19H17F3N4O/c1-27-17-10-8-14(11-23-17)25-18-24-12-15(19(20,21)22)16(26-18)9-7-13-5-3-2-4-6-13/h2-6,8,10-12H,7,9H2,1H3,(H,24,25,26). The number of halogens is 3. The van der Waals surface area contributed by atoms with Gasteiger partial charge in [0.15, 0.2) is 0 Å². The molecule has 8 heteroatoms. The first-order valence-corrected chi connectivity index (χ1v) is 8.20. The van der Waals surface area contributed by atoms with Crippen molar-refractivity contribution in [2.45, 2.75) is 19.0 Å². The van der Waals surface area contributed by atoms with E-state index in [1.165, 1.54) is 13.3 Å². The number of hydrogen-bond donors (Lipinski definition) is 1. The lowest BCUT2D eigenvalue weighted by Crippen LogP contribution is -2.14. The summed E-state index contributed by atoms with van der Waals surface area (Å²) in [6.45, 7) is 0. The van der Waals surface area contributed by atoms with Crippen molar-refractivity contribution in [2.24, 2.45) is 0 Å². The van der Waals surface area contributed by atoms with Crippen LogP contribution < -0.4 is 10.1 Å². The molecule has 27 heavy (non-hydrogen) atoms. The molecule has 0 unspecified atom stereocenters. The Kier molecular flexibility index (Phi) is 5.54. The molecule has 2 aromatic heterocycles. The van der Waals surface area contributed by atoms with Crippen molar-refractivity contribution >= 4 is 11.6 Å². The molecule has 0 amide bonds. The molecule has 0 aliphatic rings. The summed E-state index contributed by atoms with van der Waals surface area (Å²) in [7, 11) is 1.49. The van der Waals surface area contributed by atoms with Crippen LogP contribution in [0.15, 0.2) is 54.9 Å². The molecule has 0 aliphatic carbocycles. The molecule has 0 atom stereocenters. The molecule has 0 saturated heterocycles. The van der Waals surface area contributed by atoms with Crippen molar-refractivity contribution in [3.63, 3.8) is 0 Å². The zero-order valence-corrected chi connectivity index (χ0v) is 14.5. The monoisotopic (exact) mass is 374 g/mol. The Bertz CT molecular complexity index is 884. The van der Waals surface area contributed by atoms with Crippen LogP contribution in [0.5, 0.6) is 5.88 Å². The fraction of sp³-hybridized carbons (Fsp3) is 0.211. The van der Waals surface area contributed by atoms with Gasteiger partial charge in [-0.15, -0.1) is 0 Å². The number of benzene rings is 1. The molecule has 3 rings (SSSR count). The van der Waals surface area contributed by atoms with Gasteiger partial charge in [-0.1, -0.05) is 30.3 Å². The molecule has 2 heterocycles. The van der Waals surface area contributed by atoms with Crippen LogP contribution in [0.25, 0.3) is 0 Å². The topological polar surface area (TPSA) is 59.9 Å². The Hall–Kier alpha value is -3.16. The molecule has 140 valence electrons. The van der Waals surface area contributed by atoms with Gasteiger partial charge in [0.25, 0.3) is 0 Å². The van der Waals surface area contributed by atoms with Crippen LogP contribution in [-0.2, 0) is 19.0 Å². The highest BCUT2D eigenvalue weighted by Crippen LogP contribution is 2.32. The number of nitrogens with one attached hydrogen (secondary N) is 1. The highest BCUT2D eigenvalue weighted by molar-refractivity contribution is 5.52. The van der Waals surface area contributed by atoms with Crippen molar-refractivity contribution in [2.75, 3.05) is 12.4 Å². The van der Waals surface area contributed by atoms with E-state index in [-0.39, 0.29) is 18.1 Å². The maximum absolute atomic E-state index is 13.3. The number of rotatable bonds is 6. The summed E-state index contributed by atoms with van der Waals surface area (Å²) in [5.74, 6) is 0.510. The number of alkyl halides is 3. The van der Waals surface area contributed by atoms with Crippen LogP contribution in [0, 0.1) is 0 Å². The summed E-state index contributed by atoms with van der Waals surface area (Å²) in [6.07, 6.45) is -1.61. The zero-order chi connectivity index (χ0) is 19.3. The van der Waals surface area contributed by atoms with Gasteiger partial charge in [-0.05, 0) is 24.5 Å². The van der Waals surface area contributed by atoms with Crippen molar-refractivity contribution in [3.8, 4) is 5.88 Å². The number of hydrogen-bond acceptors (Lipinski definition) is 5. The summed E-state index contributed by atoms with van der Waals surface area (Å²) >= 11 is 0. The first kappa shape index (κ1) is 18.6. The van der Waals surface area contributed by atoms with Crippen LogP contribution in [0.2, 0.25) is 0 Å². The molecule has 0 radical (unpaired) electrons. The first-order valence-electron chi connectivity index (χ1n) is 8.20. The lowest BCUT2D eigenvalue weighted by Gasteiger charge is -2.13. The van der Waals surface area contributed by atoms with Crippen molar-refractivity contribution in [1.82, 2.24) is 15.0 Å². The van der Waals surface area contributed by atoms with Crippen molar-refractivity contribution in [3.05, 3.63) is 71.7 Å². The van der Waals surface area contributed by atoms with Gasteiger partial charge in [-0.2, -0.15) is 13.2 Å². The molecule has 0 spiro atoms. The fourth-order valence-electron chi connectivity index (χ4n) is 2.52. The number of aromatic nitrogens is 3. The Balaban J connectivity index is 1.83. The van der Waals surface area contributed by atoms with Crippen LogP contribution in [0.3, 0.4) is 0 Å². The van der Waals surface area contributed by atoms with Gasteiger partial charge in [-0.3, -0.25) is 0 Å². The summed E-state index contributed by atoms with van der Waals surface area (Å²) in [5, 5.41) is 2.86. The lowest BCUT2D eigenvalue weighted by atomic mass is 10.1. The zero-order valence-electron chi connectivity index (χ0n) is 14.5. The number of ether oxygens (including phenoxy) is 1. The molecular formula is C19H17F3N4O. The molecular weight excluding hydrogens is 357 g/mol. The minimum atomic E-state index is -4.51. The molecule has 1 aromatic carbocycles. The van der Waals surface area contributed by atoms with Gasteiger partial charge >= 0.3 is 6.18 Å². The highest BCUT2D eigenvalue weighted by atomic mass is 19.4. The summed E-state index contributed by atoms with van der Waals surface area (Å²) in [6, 6.07) is 12.6. The largest absolute Gasteiger partial charge is 0.481 e. The van der Waals surface area contributed by atoms with E-state index in [0.717, 1.165) is 11.8 Å². The second-order valence-corrected chi connectivity index (χ2v) is 5.75. The minimum absolute atomic E-state index is 0.0506. The second kappa shape index (κ2) is 8.03. The van der Waals surface area contributed by atoms with E-state index in [1.807, 2.05) is 30.3 Å². The van der Waals surface area contributed by atoms with Crippen LogP contribution in [0.1, 0.15) is 16.8 Å². The highest BCUT2D eigenvalue weighted by Gasteiger charge is 2.34. The number of nitrogens with zero attached hydrogens (tertiary/aromatic N) is 3. The van der Waals surface area contributed by atoms with E-state index < -0.39 is 11.7 Å². The predicted molar refractivity (Wildman–Crippen MR) is 95.0 cm³/mol. The number of methoxy groups -OCH3 is 1. The quantitative estimate of drug-likeness (QED) is 0.692. The van der Waals surface area contributed by atoms with E-state index >= 15 is 0 Å². The number of anilines is 2. The van der Waals surface area contributed by atoms with Gasteiger partial charge in [0, 0.05) is 12.3 Å². The maximum atomic E-state index is 13.3. The Morgan fingerprint density at radius 3 is 2.37 bits per heavy atom. The number of pyridine rings is 1. The summed E-state index contributed by atoms with van der Waals surface area (Å²) in [5.41, 5.74) is 0.616. The third-order valence-electron chi connectivity index (χ3n) is 3.87. The van der Waals surface area contributed by atoms with E-state index in [1.54, 1.807) is 12.1 Å². The van der Waals surface area contributed by atoms with Crippen LogP contribution in [0.4, 0.5) is 24.8 Å². The molecule has 1 N–H and O–H groups in total. The van der Waals surface area contributed by atoms with E-state index in [0.29, 0.717) is 18.0 Å². The SMILES string of the molecule is COc1ccc(Nc2ncc(C(F)(F)F)c(CCc3ccccc3)n2)cn1. The van der Waals surface area contributed by atoms with Crippen LogP contribution in [-0.4, -0.2) is 22.1 Å².